The molecule has 19 heavy (non-hydrogen) atoms. The van der Waals surface area contributed by atoms with Gasteiger partial charge in [0, 0.05) is 12.2 Å². The number of aromatic carboxylic acids is 1. The molecule has 2 amide bonds. The van der Waals surface area contributed by atoms with Gasteiger partial charge >= 0.3 is 12.0 Å². The van der Waals surface area contributed by atoms with Gasteiger partial charge in [-0.25, -0.2) is 14.6 Å². The van der Waals surface area contributed by atoms with Crippen LogP contribution in [0.2, 0.25) is 0 Å². The summed E-state index contributed by atoms with van der Waals surface area (Å²) in [6.07, 6.45) is 4.57. The molecule has 0 bridgehead atoms. The second kappa shape index (κ2) is 5.69. The number of pyridine rings is 1. The van der Waals surface area contributed by atoms with Gasteiger partial charge < -0.3 is 15.7 Å². The molecule has 1 aromatic heterocycles. The van der Waals surface area contributed by atoms with Gasteiger partial charge in [0.15, 0.2) is 5.69 Å². The van der Waals surface area contributed by atoms with E-state index in [1.165, 1.54) is 12.3 Å². The van der Waals surface area contributed by atoms with Crippen molar-refractivity contribution >= 4 is 17.7 Å². The first-order chi connectivity index (χ1) is 9.08. The van der Waals surface area contributed by atoms with Crippen molar-refractivity contribution in [2.24, 2.45) is 5.92 Å². The number of carboxylic acids is 1. The smallest absolute Gasteiger partial charge is 0.356 e. The van der Waals surface area contributed by atoms with Crippen molar-refractivity contribution < 1.29 is 14.7 Å². The molecule has 2 unspecified atom stereocenters. The Labute approximate surface area is 111 Å². The first-order valence-electron chi connectivity index (χ1n) is 6.33. The van der Waals surface area contributed by atoms with Crippen LogP contribution in [0.1, 0.15) is 36.7 Å². The topological polar surface area (TPSA) is 91.3 Å². The molecule has 0 spiro atoms. The maximum atomic E-state index is 11.8. The second-order valence-electron chi connectivity index (χ2n) is 4.82. The lowest BCUT2D eigenvalue weighted by atomic mass is 10.1. The Morgan fingerprint density at radius 2 is 2.21 bits per heavy atom. The molecule has 0 aliphatic heterocycles. The van der Waals surface area contributed by atoms with Gasteiger partial charge in [0.2, 0.25) is 0 Å². The normalized spacial score (nSPS) is 21.9. The molecule has 1 aliphatic rings. The third-order valence-electron chi connectivity index (χ3n) is 3.44. The van der Waals surface area contributed by atoms with Crippen molar-refractivity contribution in [1.29, 1.82) is 0 Å². The molecule has 2 rings (SSSR count). The summed E-state index contributed by atoms with van der Waals surface area (Å²) in [6.45, 7) is 2.10. The Morgan fingerprint density at radius 1 is 1.42 bits per heavy atom. The molecule has 1 saturated carbocycles. The van der Waals surface area contributed by atoms with Crippen LogP contribution < -0.4 is 10.6 Å². The molecule has 6 heteroatoms. The van der Waals surface area contributed by atoms with Crippen LogP contribution in [0, 0.1) is 5.92 Å². The summed E-state index contributed by atoms with van der Waals surface area (Å²) >= 11 is 0. The van der Waals surface area contributed by atoms with Crippen molar-refractivity contribution in [3.05, 3.63) is 24.0 Å². The lowest BCUT2D eigenvalue weighted by Crippen LogP contribution is -2.39. The predicted octanol–water partition coefficient (Wildman–Crippen LogP) is 2.09. The van der Waals surface area contributed by atoms with E-state index in [0.29, 0.717) is 5.92 Å². The highest BCUT2D eigenvalue weighted by atomic mass is 16.4. The van der Waals surface area contributed by atoms with Gasteiger partial charge in [-0.1, -0.05) is 13.3 Å². The van der Waals surface area contributed by atoms with Crippen molar-refractivity contribution in [2.45, 2.75) is 32.2 Å². The fourth-order valence-electron chi connectivity index (χ4n) is 2.36. The van der Waals surface area contributed by atoms with E-state index < -0.39 is 5.97 Å². The Kier molecular flexibility index (Phi) is 3.99. The summed E-state index contributed by atoms with van der Waals surface area (Å²) in [4.78, 5) is 26.5. The molecule has 3 N–H and O–H groups in total. The third-order valence-corrected chi connectivity index (χ3v) is 3.44. The van der Waals surface area contributed by atoms with E-state index in [4.69, 9.17) is 5.11 Å². The average Bonchev–Trinajstić information content (AvgIpc) is 2.75. The first kappa shape index (κ1) is 13.3. The molecule has 0 saturated heterocycles. The SMILES string of the molecule is CC1CCCC1NC(=O)Nc1cccnc1C(=O)O. The van der Waals surface area contributed by atoms with E-state index in [9.17, 15) is 9.59 Å². The highest BCUT2D eigenvalue weighted by molar-refractivity contribution is 5.98. The van der Waals surface area contributed by atoms with E-state index in [2.05, 4.69) is 22.5 Å². The van der Waals surface area contributed by atoms with Crippen molar-refractivity contribution in [1.82, 2.24) is 10.3 Å². The van der Waals surface area contributed by atoms with Gasteiger partial charge in [-0.2, -0.15) is 0 Å². The minimum Gasteiger partial charge on any atom is -0.476 e. The van der Waals surface area contributed by atoms with Crippen molar-refractivity contribution in [2.75, 3.05) is 5.32 Å². The maximum Gasteiger partial charge on any atom is 0.356 e. The van der Waals surface area contributed by atoms with Crippen LogP contribution >= 0.6 is 0 Å². The molecule has 102 valence electrons. The van der Waals surface area contributed by atoms with E-state index >= 15 is 0 Å². The van der Waals surface area contributed by atoms with Gasteiger partial charge in [-0.05, 0) is 30.9 Å². The number of amides is 2. The zero-order valence-electron chi connectivity index (χ0n) is 10.7. The number of nitrogens with zero attached hydrogens (tertiary/aromatic N) is 1. The van der Waals surface area contributed by atoms with Gasteiger partial charge in [0.05, 0.1) is 5.69 Å². The summed E-state index contributed by atoms with van der Waals surface area (Å²) in [5, 5.41) is 14.4. The van der Waals surface area contributed by atoms with E-state index in [-0.39, 0.29) is 23.5 Å². The van der Waals surface area contributed by atoms with E-state index in [1.54, 1.807) is 6.07 Å². The highest BCUT2D eigenvalue weighted by Gasteiger charge is 2.25. The van der Waals surface area contributed by atoms with Gasteiger partial charge in [0.25, 0.3) is 0 Å². The molecule has 0 radical (unpaired) electrons. The van der Waals surface area contributed by atoms with Crippen LogP contribution in [0.3, 0.4) is 0 Å². The van der Waals surface area contributed by atoms with Crippen molar-refractivity contribution in [3.8, 4) is 0 Å². The minimum absolute atomic E-state index is 0.155. The number of nitrogens with one attached hydrogen (secondary N) is 2. The van der Waals surface area contributed by atoms with Crippen LogP contribution in [0.4, 0.5) is 10.5 Å². The number of hydrogen-bond donors (Lipinski definition) is 3. The summed E-state index contributed by atoms with van der Waals surface area (Å²) in [5.74, 6) is -0.705. The summed E-state index contributed by atoms with van der Waals surface area (Å²) in [6, 6.07) is 2.88. The van der Waals surface area contributed by atoms with Gasteiger partial charge in [0.1, 0.15) is 0 Å². The molecule has 1 aliphatic carbocycles. The Hall–Kier alpha value is -2.11. The Balaban J connectivity index is 2.01. The zero-order chi connectivity index (χ0) is 13.8. The first-order valence-corrected chi connectivity index (χ1v) is 6.33. The summed E-state index contributed by atoms with van der Waals surface area (Å²) in [5.41, 5.74) is 0.0512. The number of rotatable bonds is 3. The number of aromatic nitrogens is 1. The van der Waals surface area contributed by atoms with Crippen molar-refractivity contribution in [3.63, 3.8) is 0 Å². The Morgan fingerprint density at radius 3 is 2.84 bits per heavy atom. The number of carboxylic acid groups (broad SMARTS) is 1. The highest BCUT2D eigenvalue weighted by Crippen LogP contribution is 2.24. The number of carbonyl (C=O) groups is 2. The molecule has 1 aromatic rings. The van der Waals surface area contributed by atoms with Crippen LogP contribution in [-0.4, -0.2) is 28.1 Å². The number of hydrogen-bond acceptors (Lipinski definition) is 3. The Bertz CT molecular complexity index is 490. The minimum atomic E-state index is -1.16. The number of anilines is 1. The van der Waals surface area contributed by atoms with Gasteiger partial charge in [-0.15, -0.1) is 0 Å². The summed E-state index contributed by atoms with van der Waals surface area (Å²) < 4.78 is 0. The maximum absolute atomic E-state index is 11.8. The quantitative estimate of drug-likeness (QED) is 0.778. The predicted molar refractivity (Wildman–Crippen MR) is 70.2 cm³/mol. The third kappa shape index (κ3) is 3.21. The van der Waals surface area contributed by atoms with E-state index in [1.807, 2.05) is 0 Å². The molecular formula is C13H17N3O3. The van der Waals surface area contributed by atoms with Gasteiger partial charge in [-0.3, -0.25) is 0 Å². The number of urea groups is 1. The molecule has 0 aromatic carbocycles. The molecule has 2 atom stereocenters. The lowest BCUT2D eigenvalue weighted by Gasteiger charge is -2.18. The fourth-order valence-corrected chi connectivity index (χ4v) is 2.36. The zero-order valence-corrected chi connectivity index (χ0v) is 10.7. The number of carbonyl (C=O) groups excluding carboxylic acids is 1. The largest absolute Gasteiger partial charge is 0.476 e. The van der Waals surface area contributed by atoms with Crippen LogP contribution in [0.5, 0.6) is 0 Å². The standard InChI is InChI=1S/C13H17N3O3/c1-8-4-2-5-9(8)15-13(19)16-10-6-3-7-14-11(10)12(17)18/h3,6-9H,2,4-5H2,1H3,(H,17,18)(H2,15,16,19). The molecule has 6 nitrogen and oxygen atoms in total. The average molecular weight is 263 g/mol. The second-order valence-corrected chi connectivity index (χ2v) is 4.82. The lowest BCUT2D eigenvalue weighted by molar-refractivity contribution is 0.0692. The van der Waals surface area contributed by atoms with Crippen LogP contribution in [0.15, 0.2) is 18.3 Å². The summed E-state index contributed by atoms with van der Waals surface area (Å²) in [7, 11) is 0. The monoisotopic (exact) mass is 263 g/mol. The van der Waals surface area contributed by atoms with Crippen LogP contribution in [-0.2, 0) is 0 Å². The van der Waals surface area contributed by atoms with E-state index in [0.717, 1.165) is 19.3 Å². The fraction of sp³-hybridized carbons (Fsp3) is 0.462. The van der Waals surface area contributed by atoms with Crippen LogP contribution in [0.25, 0.3) is 0 Å². The molecular weight excluding hydrogens is 246 g/mol. The molecule has 1 fully saturated rings. The molecule has 1 heterocycles.